The molecule has 0 aliphatic carbocycles. The van der Waals surface area contributed by atoms with Gasteiger partial charge in [0.05, 0.1) is 11.9 Å². The molecule has 5 nitrogen and oxygen atoms in total. The molecule has 0 atom stereocenters. The molecule has 158 valence electrons. The molecule has 2 N–H and O–H groups in total. The SMILES string of the molecule is Cl.O=C(/C=C/c1ccc(F)c(O)c1)Nc1cn(Cc2cccc(C(F)(F)F)c2)cn1. The largest absolute Gasteiger partial charge is 0.505 e. The lowest BCUT2D eigenvalue weighted by molar-refractivity contribution is -0.137. The lowest BCUT2D eigenvalue weighted by Crippen LogP contribution is -2.08. The minimum Gasteiger partial charge on any atom is -0.505 e. The van der Waals surface area contributed by atoms with Gasteiger partial charge in [0.25, 0.3) is 0 Å². The second-order valence-electron chi connectivity index (χ2n) is 6.16. The average Bonchev–Trinajstić information content (AvgIpc) is 3.09. The Morgan fingerprint density at radius 3 is 2.67 bits per heavy atom. The molecule has 2 aromatic carbocycles. The van der Waals surface area contributed by atoms with Gasteiger partial charge in [0.15, 0.2) is 17.4 Å². The Morgan fingerprint density at radius 1 is 1.20 bits per heavy atom. The van der Waals surface area contributed by atoms with E-state index in [1.807, 2.05) is 0 Å². The third kappa shape index (κ3) is 6.08. The summed E-state index contributed by atoms with van der Waals surface area (Å²) >= 11 is 0. The van der Waals surface area contributed by atoms with Gasteiger partial charge in [-0.15, -0.1) is 12.4 Å². The van der Waals surface area contributed by atoms with Crippen molar-refractivity contribution in [3.63, 3.8) is 0 Å². The van der Waals surface area contributed by atoms with Crippen molar-refractivity contribution in [2.75, 3.05) is 5.32 Å². The van der Waals surface area contributed by atoms with Gasteiger partial charge < -0.3 is 15.0 Å². The Bertz CT molecular complexity index is 1060. The Hall–Kier alpha value is -3.33. The summed E-state index contributed by atoms with van der Waals surface area (Å²) in [4.78, 5) is 15.9. The van der Waals surface area contributed by atoms with Crippen LogP contribution in [0, 0.1) is 5.82 Å². The van der Waals surface area contributed by atoms with Crippen LogP contribution in [0.3, 0.4) is 0 Å². The molecule has 0 fully saturated rings. The molecule has 3 aromatic rings. The number of alkyl halides is 3. The Kier molecular flexibility index (Phi) is 7.23. The summed E-state index contributed by atoms with van der Waals surface area (Å²) in [6.45, 7) is 0.150. The summed E-state index contributed by atoms with van der Waals surface area (Å²) in [5, 5.41) is 11.8. The smallest absolute Gasteiger partial charge is 0.416 e. The van der Waals surface area contributed by atoms with E-state index in [0.717, 1.165) is 18.2 Å². The number of phenolic OH excluding ortho intramolecular Hbond substituents is 1. The zero-order valence-corrected chi connectivity index (χ0v) is 16.0. The number of anilines is 1. The van der Waals surface area contributed by atoms with Crippen LogP contribution in [0.4, 0.5) is 23.4 Å². The van der Waals surface area contributed by atoms with Crippen LogP contribution in [0.15, 0.2) is 61.1 Å². The van der Waals surface area contributed by atoms with Crippen molar-refractivity contribution in [1.29, 1.82) is 0 Å². The number of hydrogen-bond acceptors (Lipinski definition) is 3. The first-order chi connectivity index (χ1) is 13.7. The number of amides is 1. The van der Waals surface area contributed by atoms with Crippen LogP contribution in [-0.4, -0.2) is 20.6 Å². The predicted molar refractivity (Wildman–Crippen MR) is 106 cm³/mol. The normalized spacial score (nSPS) is 11.3. The highest BCUT2D eigenvalue weighted by molar-refractivity contribution is 6.01. The van der Waals surface area contributed by atoms with Crippen LogP contribution in [0.25, 0.3) is 6.08 Å². The second-order valence-corrected chi connectivity index (χ2v) is 6.16. The number of rotatable bonds is 5. The number of nitrogens with one attached hydrogen (secondary N) is 1. The van der Waals surface area contributed by atoms with E-state index >= 15 is 0 Å². The summed E-state index contributed by atoms with van der Waals surface area (Å²) in [7, 11) is 0. The van der Waals surface area contributed by atoms with Gasteiger partial charge in [-0.3, -0.25) is 4.79 Å². The first-order valence-corrected chi connectivity index (χ1v) is 8.36. The monoisotopic (exact) mass is 441 g/mol. The van der Waals surface area contributed by atoms with Crippen LogP contribution in [0.5, 0.6) is 5.75 Å². The van der Waals surface area contributed by atoms with E-state index in [9.17, 15) is 27.5 Å². The molecule has 0 radical (unpaired) electrons. The van der Waals surface area contributed by atoms with Crippen molar-refractivity contribution in [2.45, 2.75) is 12.7 Å². The van der Waals surface area contributed by atoms with Crippen LogP contribution in [-0.2, 0) is 17.5 Å². The van der Waals surface area contributed by atoms with Crippen LogP contribution < -0.4 is 5.32 Å². The summed E-state index contributed by atoms with van der Waals surface area (Å²) in [6.07, 6.45) is 1.01. The lowest BCUT2D eigenvalue weighted by atomic mass is 10.1. The van der Waals surface area contributed by atoms with Crippen molar-refractivity contribution in [2.24, 2.45) is 0 Å². The fourth-order valence-electron chi connectivity index (χ4n) is 2.54. The minimum atomic E-state index is -4.42. The number of aromatic hydroxyl groups is 1. The van der Waals surface area contributed by atoms with Crippen molar-refractivity contribution in [3.05, 3.63) is 83.6 Å². The number of carbonyl (C=O) groups is 1. The maximum absolute atomic E-state index is 13.0. The van der Waals surface area contributed by atoms with Crippen molar-refractivity contribution in [1.82, 2.24) is 9.55 Å². The fourth-order valence-corrected chi connectivity index (χ4v) is 2.54. The van der Waals surface area contributed by atoms with Crippen LogP contribution >= 0.6 is 12.4 Å². The Labute approximate surface area is 175 Å². The molecule has 0 aliphatic heterocycles. The van der Waals surface area contributed by atoms with Crippen molar-refractivity contribution in [3.8, 4) is 5.75 Å². The van der Waals surface area contributed by atoms with Crippen LogP contribution in [0.2, 0.25) is 0 Å². The van der Waals surface area contributed by atoms with Gasteiger partial charge in [0.2, 0.25) is 5.91 Å². The third-order valence-electron chi connectivity index (χ3n) is 3.90. The number of carbonyl (C=O) groups excluding carboxylic acids is 1. The minimum absolute atomic E-state index is 0. The topological polar surface area (TPSA) is 67.2 Å². The zero-order valence-electron chi connectivity index (χ0n) is 15.2. The number of imidazole rings is 1. The molecular formula is C20H16ClF4N3O2. The molecule has 30 heavy (non-hydrogen) atoms. The number of halogens is 5. The van der Waals surface area contributed by atoms with Gasteiger partial charge in [-0.1, -0.05) is 18.2 Å². The molecule has 0 spiro atoms. The summed E-state index contributed by atoms with van der Waals surface area (Å²) in [6, 6.07) is 8.58. The quantitative estimate of drug-likeness (QED) is 0.438. The van der Waals surface area contributed by atoms with E-state index in [1.54, 1.807) is 6.07 Å². The number of hydrogen-bond donors (Lipinski definition) is 2. The molecule has 0 bridgehead atoms. The maximum Gasteiger partial charge on any atom is 0.416 e. The standard InChI is InChI=1S/C20H15F4N3O2.ClH/c21-16-6-4-13(9-17(16)28)5-7-19(29)26-18-11-27(12-25-18)10-14-2-1-3-15(8-14)20(22,23)24;/h1-9,11-12,28H,10H2,(H,26,29);1H/b7-5+;. The first kappa shape index (κ1) is 23.0. The molecule has 3 rings (SSSR count). The number of nitrogens with zero attached hydrogens (tertiary/aromatic N) is 2. The Morgan fingerprint density at radius 2 is 1.97 bits per heavy atom. The van der Waals surface area contributed by atoms with Crippen molar-refractivity contribution < 1.29 is 27.5 Å². The van der Waals surface area contributed by atoms with E-state index < -0.39 is 29.2 Å². The summed E-state index contributed by atoms with van der Waals surface area (Å²) in [5.74, 6) is -1.59. The summed E-state index contributed by atoms with van der Waals surface area (Å²) < 4.78 is 52.9. The molecule has 0 saturated heterocycles. The van der Waals surface area contributed by atoms with E-state index in [2.05, 4.69) is 10.3 Å². The first-order valence-electron chi connectivity index (χ1n) is 8.36. The van der Waals surface area contributed by atoms with Crippen molar-refractivity contribution >= 4 is 30.2 Å². The van der Waals surface area contributed by atoms with E-state index in [1.165, 1.54) is 47.4 Å². The lowest BCUT2D eigenvalue weighted by Gasteiger charge is -2.09. The van der Waals surface area contributed by atoms with Gasteiger partial charge >= 0.3 is 6.18 Å². The molecular weight excluding hydrogens is 426 g/mol. The third-order valence-corrected chi connectivity index (χ3v) is 3.90. The molecule has 1 aromatic heterocycles. The number of aromatic nitrogens is 2. The average molecular weight is 442 g/mol. The summed E-state index contributed by atoms with van der Waals surface area (Å²) in [5.41, 5.74) is 0.126. The molecule has 10 heteroatoms. The van der Waals surface area contributed by atoms with Crippen LogP contribution in [0.1, 0.15) is 16.7 Å². The van der Waals surface area contributed by atoms with Gasteiger partial charge in [-0.05, 0) is 41.5 Å². The Balaban J connectivity index is 0.00000320. The zero-order chi connectivity index (χ0) is 21.0. The highest BCUT2D eigenvalue weighted by Crippen LogP contribution is 2.29. The van der Waals surface area contributed by atoms with Gasteiger partial charge in [0, 0.05) is 18.8 Å². The maximum atomic E-state index is 13.0. The second kappa shape index (κ2) is 9.45. The molecule has 1 heterocycles. The molecule has 0 aliphatic rings. The highest BCUT2D eigenvalue weighted by atomic mass is 35.5. The van der Waals surface area contributed by atoms with Gasteiger partial charge in [-0.25, -0.2) is 9.37 Å². The van der Waals surface area contributed by atoms with Gasteiger partial charge in [-0.2, -0.15) is 13.2 Å². The molecule has 0 saturated carbocycles. The fraction of sp³-hybridized carbons (Fsp3) is 0.100. The predicted octanol–water partition coefficient (Wildman–Crippen LogP) is 4.87. The van der Waals surface area contributed by atoms with Gasteiger partial charge in [0.1, 0.15) is 0 Å². The van der Waals surface area contributed by atoms with E-state index in [4.69, 9.17) is 0 Å². The number of benzene rings is 2. The number of phenols is 1. The van der Waals surface area contributed by atoms with E-state index in [-0.39, 0.29) is 24.8 Å². The molecule has 1 amide bonds. The highest BCUT2D eigenvalue weighted by Gasteiger charge is 2.30. The molecule has 0 unspecified atom stereocenters. The van der Waals surface area contributed by atoms with E-state index in [0.29, 0.717) is 11.1 Å².